The van der Waals surface area contributed by atoms with Crippen molar-refractivity contribution >= 4 is 11.6 Å². The molecule has 0 saturated carbocycles. The van der Waals surface area contributed by atoms with E-state index in [4.69, 9.17) is 11.6 Å². The van der Waals surface area contributed by atoms with Crippen molar-refractivity contribution in [3.8, 4) is 0 Å². The van der Waals surface area contributed by atoms with E-state index >= 15 is 0 Å². The minimum atomic E-state index is -4.12. The summed E-state index contributed by atoms with van der Waals surface area (Å²) >= 11 is 5.89. The number of nitrogens with one attached hydrogen (secondary N) is 1. The van der Waals surface area contributed by atoms with E-state index in [-0.39, 0.29) is 12.5 Å². The van der Waals surface area contributed by atoms with Crippen LogP contribution in [0.4, 0.5) is 17.6 Å². The van der Waals surface area contributed by atoms with Gasteiger partial charge in [0.15, 0.2) is 0 Å². The van der Waals surface area contributed by atoms with Gasteiger partial charge in [-0.2, -0.15) is 13.2 Å². The highest BCUT2D eigenvalue weighted by Crippen LogP contribution is 2.24. The molecule has 1 rings (SSSR count). The fourth-order valence-corrected chi connectivity index (χ4v) is 2.09. The third-order valence-electron chi connectivity index (χ3n) is 2.90. The Morgan fingerprint density at radius 3 is 2.53 bits per heavy atom. The standard InChI is InChI=1S/C13H16ClF4N/c1-19-11(3-2-6-13(16,17)18)7-9-4-5-10(15)8-12(9)14/h4-5,8,11,19H,2-3,6-7H2,1H3. The predicted octanol–water partition coefficient (Wildman–Crippen LogP) is 4.34. The predicted molar refractivity (Wildman–Crippen MR) is 67.9 cm³/mol. The summed E-state index contributed by atoms with van der Waals surface area (Å²) in [6.07, 6.45) is -3.97. The zero-order valence-corrected chi connectivity index (χ0v) is 11.3. The Morgan fingerprint density at radius 2 is 2.00 bits per heavy atom. The third-order valence-corrected chi connectivity index (χ3v) is 3.25. The van der Waals surface area contributed by atoms with E-state index in [1.807, 2.05) is 0 Å². The molecule has 0 saturated heterocycles. The maximum absolute atomic E-state index is 12.9. The summed E-state index contributed by atoms with van der Waals surface area (Å²) in [5.74, 6) is -0.424. The zero-order chi connectivity index (χ0) is 14.5. The number of likely N-dealkylation sites (N-methyl/N-ethyl adjacent to an activating group) is 1. The van der Waals surface area contributed by atoms with Crippen LogP contribution in [-0.4, -0.2) is 19.3 Å². The molecule has 6 heteroatoms. The molecule has 1 N–H and O–H groups in total. The van der Waals surface area contributed by atoms with E-state index < -0.39 is 18.4 Å². The van der Waals surface area contributed by atoms with Crippen molar-refractivity contribution in [2.24, 2.45) is 0 Å². The van der Waals surface area contributed by atoms with E-state index in [1.54, 1.807) is 13.1 Å². The Bertz CT molecular complexity index is 406. The second-order valence-electron chi connectivity index (χ2n) is 4.43. The van der Waals surface area contributed by atoms with Crippen LogP contribution in [0.25, 0.3) is 0 Å². The lowest BCUT2D eigenvalue weighted by Crippen LogP contribution is -2.28. The van der Waals surface area contributed by atoms with Crippen molar-refractivity contribution in [3.05, 3.63) is 34.6 Å². The van der Waals surface area contributed by atoms with Crippen LogP contribution >= 0.6 is 11.6 Å². The van der Waals surface area contributed by atoms with Crippen molar-refractivity contribution < 1.29 is 17.6 Å². The van der Waals surface area contributed by atoms with Gasteiger partial charge >= 0.3 is 6.18 Å². The first kappa shape index (κ1) is 16.2. The highest BCUT2D eigenvalue weighted by Gasteiger charge is 2.26. The summed E-state index contributed by atoms with van der Waals surface area (Å²) in [6.45, 7) is 0. The lowest BCUT2D eigenvalue weighted by molar-refractivity contribution is -0.135. The van der Waals surface area contributed by atoms with Crippen LogP contribution < -0.4 is 5.32 Å². The van der Waals surface area contributed by atoms with Crippen molar-refractivity contribution in [2.45, 2.75) is 37.9 Å². The average Bonchev–Trinajstić information content (AvgIpc) is 2.29. The molecule has 1 nitrogen and oxygen atoms in total. The van der Waals surface area contributed by atoms with Crippen LogP contribution in [0.2, 0.25) is 5.02 Å². The lowest BCUT2D eigenvalue weighted by atomic mass is 10.0. The lowest BCUT2D eigenvalue weighted by Gasteiger charge is -2.17. The molecule has 0 fully saturated rings. The van der Waals surface area contributed by atoms with Crippen molar-refractivity contribution in [3.63, 3.8) is 0 Å². The van der Waals surface area contributed by atoms with Gasteiger partial charge in [0.1, 0.15) is 5.82 Å². The molecule has 0 aliphatic carbocycles. The first-order chi connectivity index (χ1) is 8.81. The van der Waals surface area contributed by atoms with Gasteiger partial charge in [-0.25, -0.2) is 4.39 Å². The Morgan fingerprint density at radius 1 is 1.32 bits per heavy atom. The van der Waals surface area contributed by atoms with Gasteiger partial charge in [-0.05, 0) is 44.0 Å². The number of alkyl halides is 3. The summed E-state index contributed by atoms with van der Waals surface area (Å²) < 4.78 is 49.1. The fraction of sp³-hybridized carbons (Fsp3) is 0.538. The minimum absolute atomic E-state index is 0.0633. The molecule has 1 aromatic rings. The second-order valence-corrected chi connectivity index (χ2v) is 4.84. The number of hydrogen-bond donors (Lipinski definition) is 1. The number of hydrogen-bond acceptors (Lipinski definition) is 1. The SMILES string of the molecule is CNC(CCCC(F)(F)F)Cc1ccc(F)cc1Cl. The van der Waals surface area contributed by atoms with Crippen LogP contribution in [0.1, 0.15) is 24.8 Å². The van der Waals surface area contributed by atoms with Crippen LogP contribution in [-0.2, 0) is 6.42 Å². The summed E-state index contributed by atoms with van der Waals surface area (Å²) in [6, 6.07) is 3.96. The van der Waals surface area contributed by atoms with E-state index in [1.165, 1.54) is 12.1 Å². The molecular weight excluding hydrogens is 282 g/mol. The largest absolute Gasteiger partial charge is 0.389 e. The Balaban J connectivity index is 2.52. The summed E-state index contributed by atoms with van der Waals surface area (Å²) in [4.78, 5) is 0. The normalized spacial score (nSPS) is 13.6. The van der Waals surface area contributed by atoms with Crippen LogP contribution in [0.3, 0.4) is 0 Å². The first-order valence-corrected chi connectivity index (χ1v) is 6.37. The van der Waals surface area contributed by atoms with Gasteiger partial charge < -0.3 is 5.32 Å². The molecule has 1 unspecified atom stereocenters. The molecule has 108 valence electrons. The molecule has 0 spiro atoms. The molecule has 0 aromatic heterocycles. The molecule has 0 aliphatic rings. The summed E-state index contributed by atoms with van der Waals surface area (Å²) in [7, 11) is 1.69. The van der Waals surface area contributed by atoms with Gasteiger partial charge in [0.25, 0.3) is 0 Å². The molecule has 0 aliphatic heterocycles. The monoisotopic (exact) mass is 297 g/mol. The topological polar surface area (TPSA) is 12.0 Å². The van der Waals surface area contributed by atoms with E-state index in [9.17, 15) is 17.6 Å². The van der Waals surface area contributed by atoms with Crippen LogP contribution in [0, 0.1) is 5.82 Å². The third kappa shape index (κ3) is 6.25. The average molecular weight is 298 g/mol. The molecule has 0 heterocycles. The number of halogens is 5. The van der Waals surface area contributed by atoms with Gasteiger partial charge in [-0.3, -0.25) is 0 Å². The quantitative estimate of drug-likeness (QED) is 0.770. The van der Waals surface area contributed by atoms with E-state index in [0.29, 0.717) is 17.9 Å². The summed E-state index contributed by atoms with van der Waals surface area (Å²) in [5.41, 5.74) is 0.731. The van der Waals surface area contributed by atoms with Crippen LogP contribution in [0.5, 0.6) is 0 Å². The first-order valence-electron chi connectivity index (χ1n) is 6.00. The van der Waals surface area contributed by atoms with Gasteiger partial charge in [-0.1, -0.05) is 17.7 Å². The van der Waals surface area contributed by atoms with Crippen molar-refractivity contribution in [1.29, 1.82) is 0 Å². The second kappa shape index (κ2) is 7.10. The minimum Gasteiger partial charge on any atom is -0.317 e. The van der Waals surface area contributed by atoms with Crippen molar-refractivity contribution in [1.82, 2.24) is 5.32 Å². The van der Waals surface area contributed by atoms with Gasteiger partial charge in [-0.15, -0.1) is 0 Å². The van der Waals surface area contributed by atoms with Gasteiger partial charge in [0.2, 0.25) is 0 Å². The highest BCUT2D eigenvalue weighted by atomic mass is 35.5. The van der Waals surface area contributed by atoms with Crippen molar-refractivity contribution in [2.75, 3.05) is 7.05 Å². The van der Waals surface area contributed by atoms with Gasteiger partial charge in [0.05, 0.1) is 0 Å². The number of rotatable bonds is 6. The number of benzene rings is 1. The van der Waals surface area contributed by atoms with Gasteiger partial charge in [0, 0.05) is 17.5 Å². The molecular formula is C13H16ClF4N. The molecule has 1 aromatic carbocycles. The maximum Gasteiger partial charge on any atom is 0.389 e. The molecule has 0 radical (unpaired) electrons. The Labute approximate surface area is 115 Å². The molecule has 19 heavy (non-hydrogen) atoms. The van der Waals surface area contributed by atoms with Crippen LogP contribution in [0.15, 0.2) is 18.2 Å². The molecule has 0 amide bonds. The Kier molecular flexibility index (Phi) is 6.07. The smallest absolute Gasteiger partial charge is 0.317 e. The molecule has 1 atom stereocenters. The zero-order valence-electron chi connectivity index (χ0n) is 10.5. The summed E-state index contributed by atoms with van der Waals surface area (Å²) in [5, 5.41) is 3.26. The van der Waals surface area contributed by atoms with E-state index in [0.717, 1.165) is 5.56 Å². The van der Waals surface area contributed by atoms with E-state index in [2.05, 4.69) is 5.32 Å². The molecule has 0 bridgehead atoms. The maximum atomic E-state index is 12.9. The fourth-order valence-electron chi connectivity index (χ4n) is 1.85. The highest BCUT2D eigenvalue weighted by molar-refractivity contribution is 6.31. The Hall–Kier alpha value is -0.810.